The van der Waals surface area contributed by atoms with E-state index in [0.29, 0.717) is 31.6 Å². The van der Waals surface area contributed by atoms with Crippen molar-refractivity contribution in [2.24, 2.45) is 17.6 Å². The number of aliphatic hydroxyl groups excluding tert-OH is 1. The van der Waals surface area contributed by atoms with Gasteiger partial charge in [0.25, 0.3) is 0 Å². The molecule has 0 spiro atoms. The largest absolute Gasteiger partial charge is 0.493 e. The number of nitrogens with two attached hydrogens (primary N) is 1. The molecule has 6 nitrogen and oxygen atoms in total. The van der Waals surface area contributed by atoms with Crippen molar-refractivity contribution in [3.63, 3.8) is 0 Å². The predicted octanol–water partition coefficient (Wildman–Crippen LogP) is 4.17. The molecule has 1 rings (SSSR count). The summed E-state index contributed by atoms with van der Waals surface area (Å²) in [6, 6.07) is 5.86. The third kappa shape index (κ3) is 9.65. The molecule has 0 amide bonds. The Morgan fingerprint density at radius 3 is 2.34 bits per heavy atom. The Labute approximate surface area is 196 Å². The van der Waals surface area contributed by atoms with Crippen LogP contribution in [0.4, 0.5) is 0 Å². The molecule has 0 fully saturated rings. The van der Waals surface area contributed by atoms with Gasteiger partial charge >= 0.3 is 0 Å². The highest BCUT2D eigenvalue weighted by atomic mass is 16.5. The number of hydrogen-bond acceptors (Lipinski definition) is 6. The summed E-state index contributed by atoms with van der Waals surface area (Å²) in [6.45, 7) is 12.7. The summed E-state index contributed by atoms with van der Waals surface area (Å²) in [4.78, 5) is 0. The third-order valence-corrected chi connectivity index (χ3v) is 6.79. The maximum absolute atomic E-state index is 10.7. The summed E-state index contributed by atoms with van der Waals surface area (Å²) < 4.78 is 16.5. The van der Waals surface area contributed by atoms with Crippen molar-refractivity contribution in [3.05, 3.63) is 23.8 Å². The first-order valence-corrected chi connectivity index (χ1v) is 12.2. The molecule has 6 heteroatoms. The van der Waals surface area contributed by atoms with Crippen LogP contribution in [0.25, 0.3) is 0 Å². The van der Waals surface area contributed by atoms with Crippen molar-refractivity contribution in [1.82, 2.24) is 5.32 Å². The van der Waals surface area contributed by atoms with Crippen LogP contribution < -0.4 is 20.5 Å². The minimum absolute atomic E-state index is 0.0426. The summed E-state index contributed by atoms with van der Waals surface area (Å²) >= 11 is 0. The van der Waals surface area contributed by atoms with Crippen LogP contribution in [0.3, 0.4) is 0 Å². The number of ether oxygens (including phenoxy) is 3. The van der Waals surface area contributed by atoms with Crippen LogP contribution in [0.2, 0.25) is 0 Å². The summed E-state index contributed by atoms with van der Waals surface area (Å²) in [5.74, 6) is 2.31. The lowest BCUT2D eigenvalue weighted by atomic mass is 9.83. The van der Waals surface area contributed by atoms with Crippen LogP contribution in [0.1, 0.15) is 65.9 Å². The zero-order valence-corrected chi connectivity index (χ0v) is 21.4. The number of methoxy groups -OCH3 is 2. The van der Waals surface area contributed by atoms with Gasteiger partial charge in [0.15, 0.2) is 11.5 Å². The van der Waals surface area contributed by atoms with E-state index in [9.17, 15) is 5.11 Å². The molecule has 186 valence electrons. The van der Waals surface area contributed by atoms with Crippen molar-refractivity contribution < 1.29 is 19.3 Å². The maximum atomic E-state index is 10.7. The Hall–Kier alpha value is -1.34. The van der Waals surface area contributed by atoms with Crippen LogP contribution in [0, 0.1) is 11.8 Å². The lowest BCUT2D eigenvalue weighted by molar-refractivity contribution is 0.112. The molecule has 0 aliphatic rings. The summed E-state index contributed by atoms with van der Waals surface area (Å²) in [6.07, 6.45) is 3.95. The van der Waals surface area contributed by atoms with E-state index in [4.69, 9.17) is 19.9 Å². The van der Waals surface area contributed by atoms with E-state index in [1.165, 1.54) is 5.56 Å². The van der Waals surface area contributed by atoms with Gasteiger partial charge in [0.1, 0.15) is 0 Å². The average molecular weight is 453 g/mol. The topological polar surface area (TPSA) is 86.0 Å². The molecular weight excluding hydrogens is 404 g/mol. The van der Waals surface area contributed by atoms with Gasteiger partial charge in [-0.3, -0.25) is 0 Å². The molecule has 0 radical (unpaired) electrons. The molecule has 0 heterocycles. The Morgan fingerprint density at radius 1 is 1.09 bits per heavy atom. The van der Waals surface area contributed by atoms with E-state index in [1.54, 1.807) is 14.2 Å². The number of benzene rings is 1. The van der Waals surface area contributed by atoms with Crippen molar-refractivity contribution in [2.45, 2.75) is 84.4 Å². The van der Waals surface area contributed by atoms with Gasteiger partial charge in [0.05, 0.1) is 19.8 Å². The van der Waals surface area contributed by atoms with Crippen molar-refractivity contribution >= 4 is 0 Å². The second-order valence-electron chi connectivity index (χ2n) is 9.50. The molecule has 0 aliphatic carbocycles. The van der Waals surface area contributed by atoms with Crippen molar-refractivity contribution in [2.75, 3.05) is 34.0 Å². The normalized spacial score (nSPS) is 14.9. The van der Waals surface area contributed by atoms with Crippen LogP contribution >= 0.6 is 0 Å². The molecule has 0 aromatic heterocycles. The molecule has 1 aromatic carbocycles. The molecule has 3 atom stereocenters. The standard InChI is InChI=1S/C26H48N2O4/c1-8-26(5,9-2)28-18-23(29)22(27)17-21(19(3)4)15-20-11-12-24(31-7)25(16-20)32-14-10-13-30-6/h11-12,16,19,21-23,28-29H,8-10,13-15,17-18,27H2,1-7H3/t21-,22-,23-/m0/s1. The first-order chi connectivity index (χ1) is 15.2. The van der Waals surface area contributed by atoms with Crippen LogP contribution in [0.5, 0.6) is 11.5 Å². The van der Waals surface area contributed by atoms with Gasteiger partial charge in [-0.2, -0.15) is 0 Å². The molecule has 1 aromatic rings. The maximum Gasteiger partial charge on any atom is 0.161 e. The van der Waals surface area contributed by atoms with E-state index in [-0.39, 0.29) is 11.6 Å². The molecule has 0 bridgehead atoms. The summed E-state index contributed by atoms with van der Waals surface area (Å²) in [5, 5.41) is 14.2. The summed E-state index contributed by atoms with van der Waals surface area (Å²) in [5.41, 5.74) is 7.68. The fraction of sp³-hybridized carbons (Fsp3) is 0.769. The second-order valence-corrected chi connectivity index (χ2v) is 9.50. The number of aliphatic hydroxyl groups is 1. The summed E-state index contributed by atoms with van der Waals surface area (Å²) in [7, 11) is 3.35. The Bertz CT molecular complexity index is 634. The molecule has 0 aliphatic heterocycles. The molecule has 0 saturated heterocycles. The van der Waals surface area contributed by atoms with Gasteiger partial charge in [0, 0.05) is 38.3 Å². The first-order valence-electron chi connectivity index (χ1n) is 12.2. The van der Waals surface area contributed by atoms with E-state index in [0.717, 1.165) is 43.6 Å². The Kier molecular flexibility index (Phi) is 13.2. The van der Waals surface area contributed by atoms with Crippen LogP contribution in [0.15, 0.2) is 18.2 Å². The molecular formula is C26H48N2O4. The molecule has 32 heavy (non-hydrogen) atoms. The third-order valence-electron chi connectivity index (χ3n) is 6.79. The highest BCUT2D eigenvalue weighted by Crippen LogP contribution is 2.31. The van der Waals surface area contributed by atoms with Crippen molar-refractivity contribution in [1.29, 1.82) is 0 Å². The van der Waals surface area contributed by atoms with Gasteiger partial charge in [-0.25, -0.2) is 0 Å². The highest BCUT2D eigenvalue weighted by Gasteiger charge is 2.25. The fourth-order valence-electron chi connectivity index (χ4n) is 3.75. The molecule has 0 unspecified atom stereocenters. The van der Waals surface area contributed by atoms with E-state index in [1.807, 2.05) is 6.07 Å². The lowest BCUT2D eigenvalue weighted by Gasteiger charge is -2.32. The monoisotopic (exact) mass is 452 g/mol. The predicted molar refractivity (Wildman–Crippen MR) is 133 cm³/mol. The average Bonchev–Trinajstić information content (AvgIpc) is 2.79. The van der Waals surface area contributed by atoms with Crippen LogP contribution in [-0.2, 0) is 11.2 Å². The van der Waals surface area contributed by atoms with Gasteiger partial charge in [-0.15, -0.1) is 0 Å². The SMILES string of the molecule is CCC(C)(CC)NC[C@H](O)[C@@H](N)C[C@H](Cc1ccc(OC)c(OCCCOC)c1)C(C)C. The number of hydrogen-bond donors (Lipinski definition) is 3. The van der Waals surface area contributed by atoms with E-state index >= 15 is 0 Å². The zero-order valence-electron chi connectivity index (χ0n) is 21.4. The second kappa shape index (κ2) is 14.7. The van der Waals surface area contributed by atoms with E-state index in [2.05, 4.69) is 52.1 Å². The highest BCUT2D eigenvalue weighted by molar-refractivity contribution is 5.43. The van der Waals surface area contributed by atoms with Gasteiger partial charge in [-0.05, 0) is 62.1 Å². The van der Waals surface area contributed by atoms with Gasteiger partial charge in [-0.1, -0.05) is 33.8 Å². The number of nitrogens with one attached hydrogen (secondary N) is 1. The first kappa shape index (κ1) is 28.7. The van der Waals surface area contributed by atoms with Crippen LogP contribution in [-0.4, -0.2) is 56.8 Å². The molecule has 0 saturated carbocycles. The lowest BCUT2D eigenvalue weighted by Crippen LogP contribution is -2.50. The van der Waals surface area contributed by atoms with E-state index < -0.39 is 6.10 Å². The van der Waals surface area contributed by atoms with Crippen molar-refractivity contribution in [3.8, 4) is 11.5 Å². The minimum atomic E-state index is -0.566. The minimum Gasteiger partial charge on any atom is -0.493 e. The van der Waals surface area contributed by atoms with Gasteiger partial charge < -0.3 is 30.4 Å². The number of rotatable bonds is 17. The zero-order chi connectivity index (χ0) is 24.1. The Morgan fingerprint density at radius 2 is 1.78 bits per heavy atom. The fourth-order valence-corrected chi connectivity index (χ4v) is 3.75. The quantitative estimate of drug-likeness (QED) is 0.308. The number of β-amino-alcohol motifs (C(OH)–C–C–N with tert-alkyl or cyclic N) is 1. The molecule has 4 N–H and O–H groups in total. The smallest absolute Gasteiger partial charge is 0.161 e. The van der Waals surface area contributed by atoms with Gasteiger partial charge in [0.2, 0.25) is 0 Å². The Balaban J connectivity index is 2.77.